The van der Waals surface area contributed by atoms with Gasteiger partial charge in [-0.15, -0.1) is 11.3 Å². The minimum atomic E-state index is -0.343. The van der Waals surface area contributed by atoms with Crippen LogP contribution in [0.1, 0.15) is 44.9 Å². The molecule has 1 unspecified atom stereocenters. The van der Waals surface area contributed by atoms with Crippen molar-refractivity contribution in [2.24, 2.45) is 5.92 Å². The van der Waals surface area contributed by atoms with E-state index in [-0.39, 0.29) is 18.2 Å². The first-order valence-electron chi connectivity index (χ1n) is 9.72. The maximum Gasteiger partial charge on any atom is 0.279 e. The number of hydrazine groups is 1. The number of amides is 2. The fourth-order valence-electron chi connectivity index (χ4n) is 3.50. The molecule has 150 valence electrons. The van der Waals surface area contributed by atoms with Crippen LogP contribution in [-0.2, 0) is 24.1 Å². The molecule has 0 aliphatic heterocycles. The molecule has 1 aliphatic carbocycles. The minimum absolute atomic E-state index is 0.0287. The van der Waals surface area contributed by atoms with E-state index in [0.29, 0.717) is 28.1 Å². The number of carbonyl (C=O) groups excluding carboxylic acids is 2. The predicted molar refractivity (Wildman–Crippen MR) is 111 cm³/mol. The van der Waals surface area contributed by atoms with Crippen molar-refractivity contribution in [1.29, 1.82) is 0 Å². The maximum atomic E-state index is 12.4. The molecule has 6 nitrogen and oxygen atoms in total. The van der Waals surface area contributed by atoms with Gasteiger partial charge < -0.3 is 4.42 Å². The standard InChI is InChI=1S/C22H23N3O3S/c1-13-8-9-18-16(10-13)11-19(29-18)21(27)25-24-20(26)12-17-14(2)28-22(23-17)15-6-4-3-5-7-15/h3-7,11,13H,8-10,12H2,1-2H3,(H,24,26)(H,25,27). The van der Waals surface area contributed by atoms with Gasteiger partial charge in [-0.25, -0.2) is 4.98 Å². The van der Waals surface area contributed by atoms with Crippen LogP contribution in [0.15, 0.2) is 40.8 Å². The number of carbonyl (C=O) groups is 2. The van der Waals surface area contributed by atoms with Gasteiger partial charge in [-0.3, -0.25) is 20.4 Å². The zero-order valence-corrected chi connectivity index (χ0v) is 17.3. The number of nitrogens with zero attached hydrogens (tertiary/aromatic N) is 1. The first kappa shape index (κ1) is 19.4. The van der Waals surface area contributed by atoms with Gasteiger partial charge in [-0.2, -0.15) is 0 Å². The molecule has 2 aromatic heterocycles. The van der Waals surface area contributed by atoms with Gasteiger partial charge in [0.15, 0.2) is 0 Å². The van der Waals surface area contributed by atoms with E-state index in [9.17, 15) is 9.59 Å². The summed E-state index contributed by atoms with van der Waals surface area (Å²) in [4.78, 5) is 31.0. The van der Waals surface area contributed by atoms with Gasteiger partial charge in [-0.05, 0) is 55.9 Å². The summed E-state index contributed by atoms with van der Waals surface area (Å²) >= 11 is 1.51. The normalized spacial score (nSPS) is 15.6. The molecular weight excluding hydrogens is 386 g/mol. The Kier molecular flexibility index (Phi) is 5.49. The molecule has 0 saturated heterocycles. The number of hydrogen-bond donors (Lipinski definition) is 2. The first-order valence-corrected chi connectivity index (χ1v) is 10.5. The van der Waals surface area contributed by atoms with E-state index < -0.39 is 0 Å². The van der Waals surface area contributed by atoms with Crippen molar-refractivity contribution >= 4 is 23.2 Å². The third-order valence-electron chi connectivity index (χ3n) is 5.11. The van der Waals surface area contributed by atoms with Crippen LogP contribution in [0, 0.1) is 12.8 Å². The monoisotopic (exact) mass is 409 g/mol. The maximum absolute atomic E-state index is 12.4. The van der Waals surface area contributed by atoms with Crippen molar-refractivity contribution in [3.05, 3.63) is 63.2 Å². The van der Waals surface area contributed by atoms with Gasteiger partial charge in [0.05, 0.1) is 17.0 Å². The van der Waals surface area contributed by atoms with Crippen LogP contribution in [0.3, 0.4) is 0 Å². The van der Waals surface area contributed by atoms with E-state index >= 15 is 0 Å². The van der Waals surface area contributed by atoms with Crippen LogP contribution in [0.25, 0.3) is 11.5 Å². The average Bonchev–Trinajstić information content (AvgIpc) is 3.30. The highest BCUT2D eigenvalue weighted by molar-refractivity contribution is 7.14. The van der Waals surface area contributed by atoms with E-state index in [1.807, 2.05) is 36.4 Å². The topological polar surface area (TPSA) is 84.2 Å². The minimum Gasteiger partial charge on any atom is -0.441 e. The van der Waals surface area contributed by atoms with Crippen LogP contribution in [0.5, 0.6) is 0 Å². The molecule has 0 spiro atoms. The smallest absolute Gasteiger partial charge is 0.279 e. The Morgan fingerprint density at radius 2 is 2.03 bits per heavy atom. The van der Waals surface area contributed by atoms with Crippen LogP contribution in [0.4, 0.5) is 0 Å². The highest BCUT2D eigenvalue weighted by Crippen LogP contribution is 2.32. The molecule has 4 rings (SSSR count). The zero-order valence-electron chi connectivity index (χ0n) is 16.5. The van der Waals surface area contributed by atoms with Gasteiger partial charge >= 0.3 is 0 Å². The lowest BCUT2D eigenvalue weighted by molar-refractivity contribution is -0.121. The quantitative estimate of drug-likeness (QED) is 0.641. The fourth-order valence-corrected chi connectivity index (χ4v) is 4.60. The number of oxazole rings is 1. The summed E-state index contributed by atoms with van der Waals surface area (Å²) in [6.07, 6.45) is 3.23. The summed E-state index contributed by atoms with van der Waals surface area (Å²) in [6.45, 7) is 4.01. The third-order valence-corrected chi connectivity index (χ3v) is 6.35. The largest absolute Gasteiger partial charge is 0.441 e. The number of hydrogen-bond acceptors (Lipinski definition) is 5. The number of thiophene rings is 1. The Labute approximate surface area is 173 Å². The summed E-state index contributed by atoms with van der Waals surface area (Å²) in [7, 11) is 0. The predicted octanol–water partition coefficient (Wildman–Crippen LogP) is 3.84. The van der Waals surface area contributed by atoms with Gasteiger partial charge in [0, 0.05) is 10.4 Å². The van der Waals surface area contributed by atoms with Crippen LogP contribution in [0.2, 0.25) is 0 Å². The van der Waals surface area contributed by atoms with Crippen molar-refractivity contribution in [3.8, 4) is 11.5 Å². The van der Waals surface area contributed by atoms with Gasteiger partial charge in [0.1, 0.15) is 5.76 Å². The molecule has 1 aliphatic rings. The van der Waals surface area contributed by atoms with E-state index in [1.165, 1.54) is 21.8 Å². The second-order valence-corrected chi connectivity index (χ2v) is 8.61. The first-order chi connectivity index (χ1) is 14.0. The van der Waals surface area contributed by atoms with Crippen molar-refractivity contribution in [1.82, 2.24) is 15.8 Å². The molecule has 0 radical (unpaired) electrons. The molecule has 7 heteroatoms. The summed E-state index contributed by atoms with van der Waals surface area (Å²) in [5.41, 5.74) is 7.66. The molecule has 1 atom stereocenters. The molecule has 2 heterocycles. The molecule has 1 aromatic carbocycles. The number of benzene rings is 1. The lowest BCUT2D eigenvalue weighted by atomic mass is 9.90. The second-order valence-electron chi connectivity index (χ2n) is 7.47. The third kappa shape index (κ3) is 4.40. The number of aryl methyl sites for hydroxylation is 2. The summed E-state index contributed by atoms with van der Waals surface area (Å²) in [5, 5.41) is 0. The lowest BCUT2D eigenvalue weighted by Crippen LogP contribution is -2.42. The SMILES string of the molecule is Cc1oc(-c2ccccc2)nc1CC(=O)NNC(=O)c1cc2c(s1)CCC(C)C2. The van der Waals surface area contributed by atoms with E-state index in [1.54, 1.807) is 6.92 Å². The number of aromatic nitrogens is 1. The highest BCUT2D eigenvalue weighted by Gasteiger charge is 2.21. The summed E-state index contributed by atoms with van der Waals surface area (Å²) in [6, 6.07) is 11.5. The van der Waals surface area contributed by atoms with Crippen molar-refractivity contribution < 1.29 is 14.0 Å². The molecule has 2 amide bonds. The summed E-state index contributed by atoms with van der Waals surface area (Å²) in [5.74, 6) is 1.09. The van der Waals surface area contributed by atoms with Crippen LogP contribution >= 0.6 is 11.3 Å². The Morgan fingerprint density at radius 1 is 1.24 bits per heavy atom. The van der Waals surface area contributed by atoms with Crippen molar-refractivity contribution in [2.75, 3.05) is 0 Å². The van der Waals surface area contributed by atoms with Crippen LogP contribution < -0.4 is 10.9 Å². The molecule has 3 aromatic rings. The molecular formula is C22H23N3O3S. The molecule has 2 N–H and O–H groups in total. The number of nitrogens with one attached hydrogen (secondary N) is 2. The van der Waals surface area contributed by atoms with E-state index in [2.05, 4.69) is 22.8 Å². The number of rotatable bonds is 4. The summed E-state index contributed by atoms with van der Waals surface area (Å²) < 4.78 is 5.67. The van der Waals surface area contributed by atoms with Crippen molar-refractivity contribution in [3.63, 3.8) is 0 Å². The van der Waals surface area contributed by atoms with Crippen molar-refractivity contribution in [2.45, 2.75) is 39.5 Å². The Hall–Kier alpha value is -2.93. The molecule has 29 heavy (non-hydrogen) atoms. The number of fused-ring (bicyclic) bond motifs is 1. The fraction of sp³-hybridized carbons (Fsp3) is 0.318. The van der Waals surface area contributed by atoms with E-state index in [4.69, 9.17) is 4.42 Å². The Morgan fingerprint density at radius 3 is 2.83 bits per heavy atom. The Bertz CT molecular complexity index is 1040. The van der Waals surface area contributed by atoms with Gasteiger partial charge in [0.25, 0.3) is 5.91 Å². The molecule has 0 fully saturated rings. The highest BCUT2D eigenvalue weighted by atomic mass is 32.1. The Balaban J connectivity index is 1.35. The van der Waals surface area contributed by atoms with E-state index in [0.717, 1.165) is 24.8 Å². The van der Waals surface area contributed by atoms with Gasteiger partial charge in [-0.1, -0.05) is 25.1 Å². The van der Waals surface area contributed by atoms with Gasteiger partial charge in [0.2, 0.25) is 11.8 Å². The lowest BCUT2D eigenvalue weighted by Gasteiger charge is -2.16. The molecule has 0 bridgehead atoms. The second kappa shape index (κ2) is 8.21. The average molecular weight is 410 g/mol. The molecule has 0 saturated carbocycles. The van der Waals surface area contributed by atoms with Crippen LogP contribution in [-0.4, -0.2) is 16.8 Å². The zero-order chi connectivity index (χ0) is 20.4.